The Morgan fingerprint density at radius 2 is 0.667 bits per heavy atom. The van der Waals surface area contributed by atoms with E-state index in [-0.39, 0.29) is 0 Å². The number of rotatable bonds is 4. The van der Waals surface area contributed by atoms with E-state index in [1.54, 1.807) is 0 Å². The number of aromatic amines is 2. The highest BCUT2D eigenvalue weighted by Gasteiger charge is 2.19. The fourth-order valence-corrected chi connectivity index (χ4v) is 8.08. The third-order valence-electron chi connectivity index (χ3n) is 10.5. The Balaban J connectivity index is 1.42. The van der Waals surface area contributed by atoms with E-state index in [2.05, 4.69) is 207 Å². The van der Waals surface area contributed by atoms with E-state index < -0.39 is 8.07 Å². The summed E-state index contributed by atoms with van der Waals surface area (Å²) in [5.41, 5.74) is 24.2. The van der Waals surface area contributed by atoms with Crippen LogP contribution in [0.3, 0.4) is 0 Å². The van der Waals surface area contributed by atoms with Gasteiger partial charge in [0.05, 0.1) is 22.8 Å². The number of H-pyrrole nitrogens is 2. The van der Waals surface area contributed by atoms with Gasteiger partial charge in [0.15, 0.2) is 0 Å². The standard InChI is InChI=1S/C52H44N4Si/c1-33-7-15-37(16-8-33)49-41-23-25-43(53-41)50(38-17-9-34(2)10-18-38)45-27-29-47(55-45)52(40-21-13-36(14-22-40)31-32-57(4,5)6)48-30-28-46(56-48)51(44-26-24-42(49)54-44)39-19-11-35(3)12-20-39/h7-30,53,56H,1-6H3. The number of fused-ring (bicyclic) bond motifs is 8. The zero-order valence-electron chi connectivity index (χ0n) is 33.3. The van der Waals surface area contributed by atoms with Crippen molar-refractivity contribution in [2.45, 2.75) is 40.4 Å². The minimum atomic E-state index is -1.52. The van der Waals surface area contributed by atoms with E-state index in [9.17, 15) is 0 Å². The normalized spacial score (nSPS) is 12.1. The van der Waals surface area contributed by atoms with Crippen molar-refractivity contribution < 1.29 is 0 Å². The van der Waals surface area contributed by atoms with Gasteiger partial charge in [0.2, 0.25) is 0 Å². The number of nitrogens with one attached hydrogen (secondary N) is 2. The summed E-state index contributed by atoms with van der Waals surface area (Å²) in [4.78, 5) is 18.6. The molecule has 0 radical (unpaired) electrons. The van der Waals surface area contributed by atoms with Crippen LogP contribution in [0.4, 0.5) is 0 Å². The molecular weight excluding hydrogens is 709 g/mol. The lowest BCUT2D eigenvalue weighted by molar-refractivity contribution is 1.31. The van der Waals surface area contributed by atoms with Crippen LogP contribution in [0.2, 0.25) is 19.6 Å². The number of benzene rings is 4. The molecule has 4 aromatic carbocycles. The van der Waals surface area contributed by atoms with E-state index in [4.69, 9.17) is 9.97 Å². The molecule has 5 heterocycles. The van der Waals surface area contributed by atoms with Gasteiger partial charge in [0.25, 0.3) is 0 Å². The number of hydrogen-bond acceptors (Lipinski definition) is 2. The Labute approximate surface area is 335 Å². The molecule has 2 N–H and O–H groups in total. The minimum absolute atomic E-state index is 0.889. The van der Waals surface area contributed by atoms with Gasteiger partial charge >= 0.3 is 0 Å². The summed E-state index contributed by atoms with van der Waals surface area (Å²) >= 11 is 0. The van der Waals surface area contributed by atoms with Crippen molar-refractivity contribution in [3.8, 4) is 56.0 Å². The smallest absolute Gasteiger partial charge is 0.129 e. The molecule has 0 saturated carbocycles. The summed E-state index contributed by atoms with van der Waals surface area (Å²) in [6.45, 7) is 13.2. The third kappa shape index (κ3) is 7.24. The van der Waals surface area contributed by atoms with Crippen LogP contribution in [0, 0.1) is 32.2 Å². The van der Waals surface area contributed by atoms with Gasteiger partial charge in [-0.1, -0.05) is 127 Å². The second-order valence-electron chi connectivity index (χ2n) is 16.2. The van der Waals surface area contributed by atoms with Crippen LogP contribution in [-0.4, -0.2) is 28.0 Å². The van der Waals surface area contributed by atoms with E-state index in [1.807, 2.05) is 0 Å². The number of aromatic nitrogens is 4. The highest BCUT2D eigenvalue weighted by Crippen LogP contribution is 2.38. The summed E-state index contributed by atoms with van der Waals surface area (Å²) in [5, 5.41) is 0. The van der Waals surface area contributed by atoms with Gasteiger partial charge in [-0.2, -0.15) is 0 Å². The van der Waals surface area contributed by atoms with Crippen LogP contribution >= 0.6 is 0 Å². The molecule has 0 atom stereocenters. The lowest BCUT2D eigenvalue weighted by Gasteiger charge is -2.08. The average molecular weight is 753 g/mol. The predicted molar refractivity (Wildman–Crippen MR) is 245 cm³/mol. The van der Waals surface area contributed by atoms with Gasteiger partial charge in [0, 0.05) is 49.9 Å². The highest BCUT2D eigenvalue weighted by atomic mass is 28.3. The molecule has 9 rings (SSSR count). The molecular formula is C52H44N4Si. The van der Waals surface area contributed by atoms with Crippen LogP contribution in [-0.2, 0) is 0 Å². The van der Waals surface area contributed by atoms with Gasteiger partial charge in [-0.25, -0.2) is 9.97 Å². The predicted octanol–water partition coefficient (Wildman–Crippen LogP) is 13.5. The minimum Gasteiger partial charge on any atom is -0.354 e. The van der Waals surface area contributed by atoms with Crippen molar-refractivity contribution in [3.63, 3.8) is 0 Å². The molecule has 0 unspecified atom stereocenters. The summed E-state index contributed by atoms with van der Waals surface area (Å²) in [7, 11) is -1.52. The molecule has 276 valence electrons. The molecule has 0 aliphatic carbocycles. The molecule has 2 aliphatic heterocycles. The second-order valence-corrected chi connectivity index (χ2v) is 20.9. The molecule has 0 amide bonds. The SMILES string of the molecule is Cc1ccc(-c2c3nc(c(-c4ccc(C)cc4)c4ccc([nH]4)c(-c4ccc(C#C[Si](C)(C)C)cc4)c4nc(c(-c5ccc(C)cc5)c5ccc2[nH]5)C=C4)C=C3)cc1. The number of nitrogens with zero attached hydrogens (tertiary/aromatic N) is 2. The Morgan fingerprint density at radius 3 is 0.947 bits per heavy atom. The number of aryl methyl sites for hydroxylation is 3. The van der Waals surface area contributed by atoms with E-state index in [1.165, 1.54) is 16.7 Å². The first-order chi connectivity index (χ1) is 27.6. The van der Waals surface area contributed by atoms with Gasteiger partial charge in [-0.15, -0.1) is 5.54 Å². The molecule has 5 heteroatoms. The zero-order valence-corrected chi connectivity index (χ0v) is 34.3. The maximum Gasteiger partial charge on any atom is 0.129 e. The first-order valence-corrected chi connectivity index (χ1v) is 23.1. The largest absolute Gasteiger partial charge is 0.354 e. The van der Waals surface area contributed by atoms with Crippen molar-refractivity contribution in [1.82, 2.24) is 19.9 Å². The van der Waals surface area contributed by atoms with Gasteiger partial charge in [-0.05, 0) is 104 Å². The molecule has 57 heavy (non-hydrogen) atoms. The van der Waals surface area contributed by atoms with E-state index in [0.29, 0.717) is 0 Å². The lowest BCUT2D eigenvalue weighted by Crippen LogP contribution is -2.16. The zero-order chi connectivity index (χ0) is 39.3. The van der Waals surface area contributed by atoms with Crippen molar-refractivity contribution >= 4 is 54.4 Å². The van der Waals surface area contributed by atoms with Crippen LogP contribution in [0.25, 0.3) is 90.9 Å². The van der Waals surface area contributed by atoms with Crippen LogP contribution in [0.5, 0.6) is 0 Å². The van der Waals surface area contributed by atoms with Crippen molar-refractivity contribution in [2.75, 3.05) is 0 Å². The van der Waals surface area contributed by atoms with Gasteiger partial charge < -0.3 is 9.97 Å². The third-order valence-corrected chi connectivity index (χ3v) is 11.4. The molecule has 0 saturated heterocycles. The van der Waals surface area contributed by atoms with E-state index >= 15 is 0 Å². The topological polar surface area (TPSA) is 57.4 Å². The monoisotopic (exact) mass is 752 g/mol. The molecule has 0 spiro atoms. The summed E-state index contributed by atoms with van der Waals surface area (Å²) in [5.74, 6) is 3.43. The molecule has 3 aromatic heterocycles. The molecule has 2 aliphatic rings. The first-order valence-electron chi connectivity index (χ1n) is 19.6. The van der Waals surface area contributed by atoms with Gasteiger partial charge in [-0.3, -0.25) is 0 Å². The Hall–Kier alpha value is -6.74. The van der Waals surface area contributed by atoms with Gasteiger partial charge in [0.1, 0.15) is 8.07 Å². The van der Waals surface area contributed by atoms with E-state index in [0.717, 1.165) is 94.9 Å². The second kappa shape index (κ2) is 14.4. The quantitative estimate of drug-likeness (QED) is 0.139. The summed E-state index contributed by atoms with van der Waals surface area (Å²) < 4.78 is 0. The Kier molecular flexibility index (Phi) is 9.08. The maximum atomic E-state index is 5.46. The fourth-order valence-electron chi connectivity index (χ4n) is 7.56. The molecule has 7 aromatic rings. The Bertz CT molecular complexity index is 2930. The van der Waals surface area contributed by atoms with Crippen molar-refractivity contribution in [2.24, 2.45) is 0 Å². The highest BCUT2D eigenvalue weighted by molar-refractivity contribution is 6.83. The lowest BCUT2D eigenvalue weighted by atomic mass is 10.0. The van der Waals surface area contributed by atoms with Crippen LogP contribution in [0.1, 0.15) is 45.0 Å². The average Bonchev–Trinajstić information content (AvgIpc) is 4.04. The number of hydrogen-bond donors (Lipinski definition) is 2. The van der Waals surface area contributed by atoms with Crippen LogP contribution in [0.15, 0.2) is 121 Å². The fraction of sp³-hybridized carbons (Fsp3) is 0.115. The molecule has 8 bridgehead atoms. The van der Waals surface area contributed by atoms with Crippen molar-refractivity contribution in [1.29, 1.82) is 0 Å². The van der Waals surface area contributed by atoms with Crippen molar-refractivity contribution in [3.05, 3.63) is 166 Å². The summed E-state index contributed by atoms with van der Waals surface area (Å²) in [6.07, 6.45) is 8.61. The maximum absolute atomic E-state index is 5.46. The molecule has 4 nitrogen and oxygen atoms in total. The summed E-state index contributed by atoms with van der Waals surface area (Å²) in [6, 6.07) is 43.5. The van der Waals surface area contributed by atoms with Crippen LogP contribution < -0.4 is 0 Å². The first kappa shape index (κ1) is 35.9. The Morgan fingerprint density at radius 1 is 0.386 bits per heavy atom. The molecule has 0 fully saturated rings.